The molecule has 1 atom stereocenters. The molecule has 0 heterocycles. The second-order valence-electron chi connectivity index (χ2n) is 4.91. The Morgan fingerprint density at radius 3 is 2.36 bits per heavy atom. The van der Waals surface area contributed by atoms with Crippen molar-refractivity contribution in [1.29, 1.82) is 0 Å². The van der Waals surface area contributed by atoms with Crippen molar-refractivity contribution in [2.24, 2.45) is 11.7 Å². The second-order valence-corrected chi connectivity index (χ2v) is 4.91. The first-order chi connectivity index (χ1) is 10.5. The Bertz CT molecular complexity index is 535. The number of alkyl halides is 3. The van der Waals surface area contributed by atoms with Crippen LogP contribution in [-0.4, -0.2) is 19.3 Å². The van der Waals surface area contributed by atoms with Gasteiger partial charge in [0.15, 0.2) is 0 Å². The van der Waals surface area contributed by atoms with Gasteiger partial charge in [0.05, 0.1) is 12.5 Å². The Hall–Kier alpha value is -1.95. The van der Waals surface area contributed by atoms with Crippen molar-refractivity contribution >= 4 is 0 Å². The van der Waals surface area contributed by atoms with Crippen LogP contribution in [0.3, 0.4) is 0 Å². The normalized spacial score (nSPS) is 18.0. The van der Waals surface area contributed by atoms with Gasteiger partial charge >= 0.3 is 6.18 Å². The molecule has 6 heteroatoms. The Labute approximate surface area is 127 Å². The number of ether oxygens (including phenoxy) is 2. The highest BCUT2D eigenvalue weighted by atomic mass is 19.4. The number of rotatable bonds is 6. The Morgan fingerprint density at radius 2 is 1.82 bits per heavy atom. The van der Waals surface area contributed by atoms with Crippen LogP contribution in [0, 0.1) is 5.92 Å². The molecule has 0 saturated heterocycles. The summed E-state index contributed by atoms with van der Waals surface area (Å²) < 4.78 is 48.6. The molecule has 0 saturated carbocycles. The summed E-state index contributed by atoms with van der Waals surface area (Å²) in [5, 5.41) is 0. The third kappa shape index (κ3) is 4.80. The molecule has 2 N–H and O–H groups in total. The van der Waals surface area contributed by atoms with Gasteiger partial charge in [0.1, 0.15) is 17.3 Å². The predicted molar refractivity (Wildman–Crippen MR) is 77.6 cm³/mol. The highest BCUT2D eigenvalue weighted by Gasteiger charge is 2.37. The first-order valence-corrected chi connectivity index (χ1v) is 7.05. The maximum Gasteiger partial charge on any atom is 0.395 e. The minimum absolute atomic E-state index is 0.102. The Balaban J connectivity index is 1.87. The van der Waals surface area contributed by atoms with Crippen LogP contribution < -0.4 is 15.2 Å². The minimum atomic E-state index is -4.21. The molecule has 0 aromatic heterocycles. The fourth-order valence-electron chi connectivity index (χ4n) is 1.93. The number of nitrogens with two attached hydrogens (primary N) is 1. The van der Waals surface area contributed by atoms with E-state index < -0.39 is 12.1 Å². The fraction of sp³-hybridized carbons (Fsp3) is 0.375. The van der Waals surface area contributed by atoms with Crippen LogP contribution in [0.15, 0.2) is 48.3 Å². The number of hydrogen-bond donors (Lipinski definition) is 1. The highest BCUT2D eigenvalue weighted by molar-refractivity contribution is 5.34. The number of allylic oxidation sites excluding steroid dienone is 3. The van der Waals surface area contributed by atoms with Gasteiger partial charge in [0.25, 0.3) is 0 Å². The minimum Gasteiger partial charge on any atom is -0.494 e. The Kier molecular flexibility index (Phi) is 5.49. The van der Waals surface area contributed by atoms with Gasteiger partial charge in [0.2, 0.25) is 0 Å². The average molecular weight is 313 g/mol. The summed E-state index contributed by atoms with van der Waals surface area (Å²) in [6.07, 6.45) is 0.393. The van der Waals surface area contributed by atoms with Gasteiger partial charge in [-0.25, -0.2) is 0 Å². The van der Waals surface area contributed by atoms with Gasteiger partial charge < -0.3 is 15.2 Å². The van der Waals surface area contributed by atoms with E-state index >= 15 is 0 Å². The van der Waals surface area contributed by atoms with Crippen molar-refractivity contribution in [3.63, 3.8) is 0 Å². The van der Waals surface area contributed by atoms with Gasteiger partial charge in [-0.3, -0.25) is 0 Å². The zero-order valence-corrected chi connectivity index (χ0v) is 12.0. The van der Waals surface area contributed by atoms with E-state index in [1.807, 2.05) is 0 Å². The maximum atomic E-state index is 12.5. The zero-order chi connectivity index (χ0) is 16.0. The van der Waals surface area contributed by atoms with E-state index in [-0.39, 0.29) is 6.42 Å². The van der Waals surface area contributed by atoms with Crippen molar-refractivity contribution in [3.8, 4) is 11.5 Å². The van der Waals surface area contributed by atoms with E-state index in [4.69, 9.17) is 15.2 Å². The molecule has 1 aliphatic rings. The summed E-state index contributed by atoms with van der Waals surface area (Å²) >= 11 is 0. The molecule has 0 fully saturated rings. The van der Waals surface area contributed by atoms with Crippen LogP contribution in [0.5, 0.6) is 11.5 Å². The summed E-state index contributed by atoms with van der Waals surface area (Å²) in [4.78, 5) is 0. The fourth-order valence-corrected chi connectivity index (χ4v) is 1.93. The van der Waals surface area contributed by atoms with Crippen LogP contribution in [-0.2, 0) is 0 Å². The molecule has 22 heavy (non-hydrogen) atoms. The van der Waals surface area contributed by atoms with E-state index in [0.29, 0.717) is 30.4 Å². The van der Waals surface area contributed by atoms with E-state index in [9.17, 15) is 13.2 Å². The summed E-state index contributed by atoms with van der Waals surface area (Å²) in [5.74, 6) is 0.231. The topological polar surface area (TPSA) is 44.5 Å². The smallest absolute Gasteiger partial charge is 0.395 e. The average Bonchev–Trinajstić information content (AvgIpc) is 2.49. The van der Waals surface area contributed by atoms with Crippen LogP contribution in [0.25, 0.3) is 0 Å². The summed E-state index contributed by atoms with van der Waals surface area (Å²) in [7, 11) is 0. The molecule has 0 spiro atoms. The lowest BCUT2D eigenvalue weighted by atomic mass is 10.00. The molecule has 1 aliphatic carbocycles. The van der Waals surface area contributed by atoms with E-state index in [1.165, 1.54) is 12.2 Å². The van der Waals surface area contributed by atoms with Gasteiger partial charge in [-0.2, -0.15) is 13.2 Å². The van der Waals surface area contributed by atoms with E-state index in [2.05, 4.69) is 0 Å². The number of hydrogen-bond acceptors (Lipinski definition) is 3. The van der Waals surface area contributed by atoms with Crippen molar-refractivity contribution in [3.05, 3.63) is 48.3 Å². The monoisotopic (exact) mass is 313 g/mol. The van der Waals surface area contributed by atoms with Crippen molar-refractivity contribution in [2.75, 3.05) is 13.2 Å². The molecule has 3 nitrogen and oxygen atoms in total. The summed E-state index contributed by atoms with van der Waals surface area (Å²) in [6, 6.07) is 6.92. The van der Waals surface area contributed by atoms with Gasteiger partial charge in [0, 0.05) is 0 Å². The maximum absolute atomic E-state index is 12.5. The molecule has 0 aliphatic heterocycles. The molecule has 2 rings (SSSR count). The zero-order valence-electron chi connectivity index (χ0n) is 12.0. The molecule has 1 unspecified atom stereocenters. The van der Waals surface area contributed by atoms with Crippen molar-refractivity contribution in [1.82, 2.24) is 0 Å². The first kappa shape index (κ1) is 16.4. The van der Waals surface area contributed by atoms with Crippen LogP contribution in [0.1, 0.15) is 12.8 Å². The second kappa shape index (κ2) is 7.35. The number of halogens is 3. The molecule has 0 bridgehead atoms. The Morgan fingerprint density at radius 1 is 1.14 bits per heavy atom. The molecule has 120 valence electrons. The van der Waals surface area contributed by atoms with Crippen molar-refractivity contribution in [2.45, 2.75) is 19.0 Å². The summed E-state index contributed by atoms with van der Waals surface area (Å²) in [5.41, 5.74) is 5.37. The van der Waals surface area contributed by atoms with Crippen molar-refractivity contribution < 1.29 is 22.6 Å². The lowest BCUT2D eigenvalue weighted by Crippen LogP contribution is -2.22. The van der Waals surface area contributed by atoms with Crippen LogP contribution in [0.2, 0.25) is 0 Å². The molecular formula is C16H18F3NO2. The molecule has 1 aromatic carbocycles. The van der Waals surface area contributed by atoms with Gasteiger partial charge in [-0.05, 0) is 55.8 Å². The molecule has 1 aromatic rings. The lowest BCUT2D eigenvalue weighted by molar-refractivity contribution is -0.160. The largest absolute Gasteiger partial charge is 0.494 e. The molecule has 0 amide bonds. The third-order valence-corrected chi connectivity index (χ3v) is 3.16. The first-order valence-electron chi connectivity index (χ1n) is 7.05. The quantitative estimate of drug-likeness (QED) is 0.812. The SMILES string of the molecule is NCCCOc1ccc(OC2=CCC(C(F)(F)F)C=C2)cc1. The highest BCUT2D eigenvalue weighted by Crippen LogP contribution is 2.33. The number of benzene rings is 1. The lowest BCUT2D eigenvalue weighted by Gasteiger charge is -2.19. The summed E-state index contributed by atoms with van der Waals surface area (Å²) in [6.45, 7) is 1.12. The standard InChI is InChI=1S/C16H18F3NO2/c17-16(18,19)12-2-4-14(5-3-12)22-15-8-6-13(7-9-15)21-11-1-10-20/h2,4-9,12H,1,3,10-11,20H2. The van der Waals surface area contributed by atoms with Gasteiger partial charge in [-0.15, -0.1) is 0 Å². The van der Waals surface area contributed by atoms with Crippen LogP contribution >= 0.6 is 0 Å². The third-order valence-electron chi connectivity index (χ3n) is 3.16. The van der Waals surface area contributed by atoms with Gasteiger partial charge in [-0.1, -0.05) is 6.08 Å². The van der Waals surface area contributed by atoms with E-state index in [0.717, 1.165) is 12.5 Å². The molecule has 0 radical (unpaired) electrons. The van der Waals surface area contributed by atoms with Crippen LogP contribution in [0.4, 0.5) is 13.2 Å². The molecular weight excluding hydrogens is 295 g/mol. The van der Waals surface area contributed by atoms with E-state index in [1.54, 1.807) is 24.3 Å². The predicted octanol–water partition coefficient (Wildman–Crippen LogP) is 3.82.